The molecule has 5 aromatic carbocycles. The lowest BCUT2D eigenvalue weighted by Gasteiger charge is -2.18. The lowest BCUT2D eigenvalue weighted by Crippen LogP contribution is -1.99. The average molecular weight is 462 g/mol. The number of para-hydroxylation sites is 2. The van der Waals surface area contributed by atoms with Gasteiger partial charge < -0.3 is 0 Å². The highest BCUT2D eigenvalue weighted by Crippen LogP contribution is 2.44. The molecule has 0 aliphatic rings. The molecule has 5 heteroatoms. The van der Waals surface area contributed by atoms with Crippen LogP contribution >= 0.6 is 0 Å². The normalized spacial score (nSPS) is 11.3. The predicted molar refractivity (Wildman–Crippen MR) is 144 cm³/mol. The Bertz CT molecular complexity index is 1830. The van der Waals surface area contributed by atoms with E-state index in [4.69, 9.17) is 9.97 Å². The van der Waals surface area contributed by atoms with Gasteiger partial charge >= 0.3 is 0 Å². The second-order valence-electron chi connectivity index (χ2n) is 8.61. The Hall–Kier alpha value is -5.03. The Kier molecular flexibility index (Phi) is 4.71. The first-order valence-corrected chi connectivity index (χ1v) is 11.8. The molecule has 168 valence electrons. The summed E-state index contributed by atoms with van der Waals surface area (Å²) in [4.78, 5) is 14.6. The van der Waals surface area contributed by atoms with Crippen LogP contribution in [0, 0.1) is 0 Å². The van der Waals surface area contributed by atoms with Gasteiger partial charge in [-0.15, -0.1) is 10.2 Å². The van der Waals surface area contributed by atoms with Crippen molar-refractivity contribution in [2.24, 2.45) is 0 Å². The zero-order valence-electron chi connectivity index (χ0n) is 19.2. The van der Waals surface area contributed by atoms with Crippen molar-refractivity contribution < 1.29 is 0 Å². The largest absolute Gasteiger partial charge is 0.244 e. The second kappa shape index (κ2) is 8.32. The number of hydrogen-bond acceptors (Lipinski definition) is 5. The Morgan fingerprint density at radius 1 is 0.472 bits per heavy atom. The zero-order valence-corrected chi connectivity index (χ0v) is 19.2. The SMILES string of the molecule is c1ccc(-c2nc3ccccc3nc2-c2c3ccccc3c(-c3cncnn3)c3ccccc23)cc1. The highest BCUT2D eigenvalue weighted by molar-refractivity contribution is 6.21. The van der Waals surface area contributed by atoms with E-state index >= 15 is 0 Å². The summed E-state index contributed by atoms with van der Waals surface area (Å²) in [5.41, 5.74) is 7.29. The molecule has 0 saturated carbocycles. The van der Waals surface area contributed by atoms with Crippen LogP contribution in [-0.4, -0.2) is 25.1 Å². The summed E-state index contributed by atoms with van der Waals surface area (Å²) in [6.07, 6.45) is 3.23. The molecule has 0 amide bonds. The number of rotatable bonds is 3. The predicted octanol–water partition coefficient (Wildman–Crippen LogP) is 7.12. The molecular formula is C31H19N5. The molecule has 0 saturated heterocycles. The first-order valence-electron chi connectivity index (χ1n) is 11.8. The fourth-order valence-electron chi connectivity index (χ4n) is 4.99. The van der Waals surface area contributed by atoms with Crippen LogP contribution in [-0.2, 0) is 0 Å². The van der Waals surface area contributed by atoms with Crippen molar-refractivity contribution in [1.29, 1.82) is 0 Å². The van der Waals surface area contributed by atoms with E-state index in [1.807, 2.05) is 42.5 Å². The molecule has 0 bridgehead atoms. The van der Waals surface area contributed by atoms with Crippen molar-refractivity contribution in [3.05, 3.63) is 116 Å². The van der Waals surface area contributed by atoms with Gasteiger partial charge in [-0.3, -0.25) is 0 Å². The van der Waals surface area contributed by atoms with Crippen LogP contribution in [0.2, 0.25) is 0 Å². The highest BCUT2D eigenvalue weighted by atomic mass is 15.1. The van der Waals surface area contributed by atoms with Gasteiger partial charge in [0.2, 0.25) is 0 Å². The number of nitrogens with zero attached hydrogens (tertiary/aromatic N) is 5. The fraction of sp³-hybridized carbons (Fsp3) is 0. The molecular weight excluding hydrogens is 442 g/mol. The topological polar surface area (TPSA) is 64.5 Å². The van der Waals surface area contributed by atoms with Crippen LogP contribution < -0.4 is 0 Å². The van der Waals surface area contributed by atoms with E-state index in [2.05, 4.69) is 75.8 Å². The molecule has 36 heavy (non-hydrogen) atoms. The van der Waals surface area contributed by atoms with Crippen LogP contribution in [0.4, 0.5) is 0 Å². The molecule has 0 fully saturated rings. The number of benzene rings is 5. The summed E-state index contributed by atoms with van der Waals surface area (Å²) in [5.74, 6) is 0. The molecule has 0 N–H and O–H groups in total. The first-order chi connectivity index (χ1) is 17.9. The molecule has 0 aliphatic carbocycles. The smallest absolute Gasteiger partial charge is 0.138 e. The van der Waals surface area contributed by atoms with Crippen LogP contribution in [0.15, 0.2) is 116 Å². The summed E-state index contributed by atoms with van der Waals surface area (Å²) >= 11 is 0. The van der Waals surface area contributed by atoms with Gasteiger partial charge in [0.15, 0.2) is 0 Å². The molecule has 2 aromatic heterocycles. The lowest BCUT2D eigenvalue weighted by molar-refractivity contribution is 0.978. The number of aromatic nitrogens is 5. The molecule has 0 spiro atoms. The lowest BCUT2D eigenvalue weighted by atomic mass is 9.88. The van der Waals surface area contributed by atoms with E-state index in [-0.39, 0.29) is 0 Å². The van der Waals surface area contributed by atoms with Crippen molar-refractivity contribution in [3.63, 3.8) is 0 Å². The van der Waals surface area contributed by atoms with E-state index in [0.717, 1.165) is 66.4 Å². The molecule has 0 radical (unpaired) electrons. The fourth-order valence-corrected chi connectivity index (χ4v) is 4.99. The Morgan fingerprint density at radius 2 is 1.00 bits per heavy atom. The van der Waals surface area contributed by atoms with E-state index in [9.17, 15) is 0 Å². The van der Waals surface area contributed by atoms with Crippen molar-refractivity contribution in [1.82, 2.24) is 25.1 Å². The van der Waals surface area contributed by atoms with Gasteiger partial charge in [0.25, 0.3) is 0 Å². The van der Waals surface area contributed by atoms with Crippen LogP contribution in [0.3, 0.4) is 0 Å². The van der Waals surface area contributed by atoms with Gasteiger partial charge in [-0.1, -0.05) is 91.0 Å². The summed E-state index contributed by atoms with van der Waals surface area (Å²) in [5, 5.41) is 12.8. The van der Waals surface area contributed by atoms with Crippen molar-refractivity contribution >= 4 is 32.6 Å². The monoisotopic (exact) mass is 461 g/mol. The number of fused-ring (bicyclic) bond motifs is 3. The van der Waals surface area contributed by atoms with E-state index in [0.29, 0.717) is 0 Å². The van der Waals surface area contributed by atoms with Gasteiger partial charge in [-0.05, 0) is 33.7 Å². The minimum absolute atomic E-state index is 0.740. The van der Waals surface area contributed by atoms with Gasteiger partial charge in [0, 0.05) is 16.7 Å². The average Bonchev–Trinajstić information content (AvgIpc) is 2.96. The van der Waals surface area contributed by atoms with E-state index < -0.39 is 0 Å². The van der Waals surface area contributed by atoms with Gasteiger partial charge in [0.05, 0.1) is 28.6 Å². The van der Waals surface area contributed by atoms with Gasteiger partial charge in [-0.25, -0.2) is 15.0 Å². The summed E-state index contributed by atoms with van der Waals surface area (Å²) in [7, 11) is 0. The summed E-state index contributed by atoms with van der Waals surface area (Å²) in [6.45, 7) is 0. The Labute approximate surface area is 207 Å². The third-order valence-corrected chi connectivity index (χ3v) is 6.52. The third kappa shape index (κ3) is 3.21. The summed E-state index contributed by atoms with van der Waals surface area (Å²) < 4.78 is 0. The maximum Gasteiger partial charge on any atom is 0.138 e. The molecule has 7 rings (SSSR count). The molecule has 0 unspecified atom stereocenters. The standard InChI is InChI=1S/C31H19N5/c1-2-10-20(11-3-1)30-31(35-26-17-9-8-16-25(26)34-30)29-23-14-6-4-12-21(23)28(27-18-32-19-33-36-27)22-13-5-7-15-24(22)29/h1-19H. The van der Waals surface area contributed by atoms with E-state index in [1.165, 1.54) is 6.33 Å². The third-order valence-electron chi connectivity index (χ3n) is 6.52. The first kappa shape index (κ1) is 20.4. The quantitative estimate of drug-likeness (QED) is 0.262. The molecule has 0 atom stereocenters. The van der Waals surface area contributed by atoms with Crippen LogP contribution in [0.1, 0.15) is 0 Å². The van der Waals surface area contributed by atoms with Gasteiger partial charge in [0.1, 0.15) is 12.0 Å². The molecule has 2 heterocycles. The zero-order chi connectivity index (χ0) is 23.9. The molecule has 5 nitrogen and oxygen atoms in total. The van der Waals surface area contributed by atoms with Crippen LogP contribution in [0.25, 0.3) is 66.4 Å². The minimum Gasteiger partial charge on any atom is -0.244 e. The maximum atomic E-state index is 5.22. The van der Waals surface area contributed by atoms with E-state index in [1.54, 1.807) is 6.20 Å². The second-order valence-corrected chi connectivity index (χ2v) is 8.61. The van der Waals surface area contributed by atoms with Gasteiger partial charge in [-0.2, -0.15) is 0 Å². The highest BCUT2D eigenvalue weighted by Gasteiger charge is 2.21. The van der Waals surface area contributed by atoms with Crippen molar-refractivity contribution in [2.75, 3.05) is 0 Å². The van der Waals surface area contributed by atoms with Crippen LogP contribution in [0.5, 0.6) is 0 Å². The maximum absolute atomic E-state index is 5.22. The molecule has 0 aliphatic heterocycles. The van der Waals surface area contributed by atoms with Crippen molar-refractivity contribution in [3.8, 4) is 33.8 Å². The van der Waals surface area contributed by atoms with Crippen molar-refractivity contribution in [2.45, 2.75) is 0 Å². The minimum atomic E-state index is 0.740. The Morgan fingerprint density at radius 3 is 1.58 bits per heavy atom. The summed E-state index contributed by atoms with van der Waals surface area (Å²) in [6, 6.07) is 35.1. The molecule has 7 aromatic rings. The number of hydrogen-bond donors (Lipinski definition) is 0. The Balaban J connectivity index is 1.68.